The van der Waals surface area contributed by atoms with Crippen molar-refractivity contribution >= 4 is 17.5 Å². The molecule has 1 spiro atoms. The highest BCUT2D eigenvalue weighted by Gasteiger charge is 2.44. The maximum absolute atomic E-state index is 4.95. The average molecular weight is 349 g/mol. The number of piperidine rings is 1. The molecule has 1 unspecified atom stereocenters. The molecule has 4 heterocycles. The summed E-state index contributed by atoms with van der Waals surface area (Å²) in [4.78, 5) is 13.8. The second-order valence-electron chi connectivity index (χ2n) is 7.67. The average Bonchev–Trinajstić information content (AvgIpc) is 3.24. The molecule has 0 radical (unpaired) electrons. The number of aromatic nitrogens is 5. The highest BCUT2D eigenvalue weighted by atomic mass is 15.4. The molecule has 134 valence electrons. The summed E-state index contributed by atoms with van der Waals surface area (Å²) in [6.45, 7) is 1.96. The Labute approximate surface area is 152 Å². The molecule has 0 amide bonds. The van der Waals surface area contributed by atoms with Crippen LogP contribution in [-0.2, 0) is 11.8 Å². The number of hydrogen-bond acceptors (Lipinski definition) is 6. The minimum Gasteiger partial charge on any atom is -0.347 e. The Hall–Kier alpha value is -2.70. The van der Waals surface area contributed by atoms with Crippen LogP contribution in [0.25, 0.3) is 5.65 Å². The summed E-state index contributed by atoms with van der Waals surface area (Å²) < 4.78 is 2.08. The van der Waals surface area contributed by atoms with Crippen molar-refractivity contribution in [3.63, 3.8) is 0 Å². The lowest BCUT2D eigenvalue weighted by Gasteiger charge is -2.40. The van der Waals surface area contributed by atoms with Crippen LogP contribution in [-0.4, -0.2) is 51.8 Å². The van der Waals surface area contributed by atoms with E-state index in [0.717, 1.165) is 49.9 Å². The zero-order valence-electron chi connectivity index (χ0n) is 15.3. The molecular formula is C19H23N7. The molecule has 1 aliphatic heterocycles. The summed E-state index contributed by atoms with van der Waals surface area (Å²) in [5.41, 5.74) is 3.55. The first-order chi connectivity index (χ1) is 12.7. The SMILES string of the molecule is CN(C)c1ncc2c(n1)C1(CCCN(c3nnc4ccccn34)C1)CC2. The minimum atomic E-state index is 0.0991. The van der Waals surface area contributed by atoms with Crippen molar-refractivity contribution in [3.05, 3.63) is 41.9 Å². The topological polar surface area (TPSA) is 62.5 Å². The molecule has 3 aromatic rings. The van der Waals surface area contributed by atoms with Crippen LogP contribution in [0.1, 0.15) is 30.5 Å². The van der Waals surface area contributed by atoms with Gasteiger partial charge in [-0.1, -0.05) is 6.07 Å². The smallest absolute Gasteiger partial charge is 0.231 e. The predicted molar refractivity (Wildman–Crippen MR) is 101 cm³/mol. The van der Waals surface area contributed by atoms with Crippen molar-refractivity contribution < 1.29 is 0 Å². The Morgan fingerprint density at radius 2 is 2.08 bits per heavy atom. The fourth-order valence-electron chi connectivity index (χ4n) is 4.49. The fraction of sp³-hybridized carbons (Fsp3) is 0.474. The van der Waals surface area contributed by atoms with Gasteiger partial charge in [-0.3, -0.25) is 4.40 Å². The maximum atomic E-state index is 4.95. The first-order valence-corrected chi connectivity index (χ1v) is 9.25. The van der Waals surface area contributed by atoms with E-state index in [0.29, 0.717) is 0 Å². The van der Waals surface area contributed by atoms with Crippen LogP contribution in [0, 0.1) is 0 Å². The largest absolute Gasteiger partial charge is 0.347 e. The Morgan fingerprint density at radius 1 is 1.15 bits per heavy atom. The number of pyridine rings is 1. The van der Waals surface area contributed by atoms with Gasteiger partial charge < -0.3 is 9.80 Å². The van der Waals surface area contributed by atoms with Crippen molar-refractivity contribution in [2.24, 2.45) is 0 Å². The summed E-state index contributed by atoms with van der Waals surface area (Å²) in [6, 6.07) is 6.02. The summed E-state index contributed by atoms with van der Waals surface area (Å²) in [5.74, 6) is 1.74. The Kier molecular flexibility index (Phi) is 3.38. The summed E-state index contributed by atoms with van der Waals surface area (Å²) in [7, 11) is 4.00. The number of rotatable bonds is 2. The van der Waals surface area contributed by atoms with Crippen molar-refractivity contribution in [1.29, 1.82) is 0 Å². The van der Waals surface area contributed by atoms with E-state index in [4.69, 9.17) is 4.98 Å². The number of nitrogens with zero attached hydrogens (tertiary/aromatic N) is 7. The van der Waals surface area contributed by atoms with Crippen molar-refractivity contribution in [3.8, 4) is 0 Å². The maximum Gasteiger partial charge on any atom is 0.231 e. The quantitative estimate of drug-likeness (QED) is 0.706. The number of fused-ring (bicyclic) bond motifs is 3. The van der Waals surface area contributed by atoms with Gasteiger partial charge in [-0.25, -0.2) is 9.97 Å². The second-order valence-corrected chi connectivity index (χ2v) is 7.67. The molecule has 0 bridgehead atoms. The number of hydrogen-bond donors (Lipinski definition) is 0. The zero-order chi connectivity index (χ0) is 17.7. The highest BCUT2D eigenvalue weighted by Crippen LogP contribution is 2.44. The molecule has 1 fully saturated rings. The molecule has 3 aromatic heterocycles. The zero-order valence-corrected chi connectivity index (χ0v) is 15.3. The standard InChI is InChI=1S/C19H23N7/c1-24(2)17-20-12-14-7-9-19(16(14)21-17)8-5-10-25(13-19)18-23-22-15-6-3-4-11-26(15)18/h3-4,6,11-12H,5,7-10,13H2,1-2H3. The van der Waals surface area contributed by atoms with E-state index in [1.54, 1.807) is 0 Å². The van der Waals surface area contributed by atoms with Gasteiger partial charge >= 0.3 is 0 Å². The van der Waals surface area contributed by atoms with Gasteiger partial charge in [-0.2, -0.15) is 0 Å². The van der Waals surface area contributed by atoms with Gasteiger partial charge in [-0.15, -0.1) is 10.2 Å². The Balaban J connectivity index is 1.53. The third-order valence-corrected chi connectivity index (χ3v) is 5.78. The van der Waals surface area contributed by atoms with E-state index in [9.17, 15) is 0 Å². The Bertz CT molecular complexity index is 959. The molecule has 0 aromatic carbocycles. The first-order valence-electron chi connectivity index (χ1n) is 9.25. The van der Waals surface area contributed by atoms with Crippen molar-refractivity contribution in [2.45, 2.75) is 31.1 Å². The number of anilines is 2. The van der Waals surface area contributed by atoms with Gasteiger partial charge in [0.2, 0.25) is 11.9 Å². The molecule has 0 saturated carbocycles. The van der Waals surface area contributed by atoms with Gasteiger partial charge in [-0.05, 0) is 43.4 Å². The molecule has 1 saturated heterocycles. The van der Waals surface area contributed by atoms with Crippen LogP contribution in [0.2, 0.25) is 0 Å². The molecule has 1 atom stereocenters. The summed E-state index contributed by atoms with van der Waals surface area (Å²) in [6.07, 6.45) is 8.59. The molecule has 26 heavy (non-hydrogen) atoms. The molecule has 0 N–H and O–H groups in total. The van der Waals surface area contributed by atoms with E-state index in [1.165, 1.54) is 17.7 Å². The molecule has 1 aliphatic carbocycles. The van der Waals surface area contributed by atoms with Gasteiger partial charge in [0, 0.05) is 45.0 Å². The molecular weight excluding hydrogens is 326 g/mol. The van der Waals surface area contributed by atoms with Gasteiger partial charge in [0.05, 0.1) is 5.69 Å². The molecule has 5 rings (SSSR count). The van der Waals surface area contributed by atoms with Gasteiger partial charge in [0.15, 0.2) is 5.65 Å². The van der Waals surface area contributed by atoms with Crippen LogP contribution >= 0.6 is 0 Å². The van der Waals surface area contributed by atoms with Crippen LogP contribution in [0.15, 0.2) is 30.6 Å². The number of aryl methyl sites for hydroxylation is 1. The monoisotopic (exact) mass is 349 g/mol. The summed E-state index contributed by atoms with van der Waals surface area (Å²) >= 11 is 0. The molecule has 2 aliphatic rings. The van der Waals surface area contributed by atoms with Gasteiger partial charge in [0.1, 0.15) is 0 Å². The van der Waals surface area contributed by atoms with Crippen LogP contribution in [0.5, 0.6) is 0 Å². The van der Waals surface area contributed by atoms with E-state index in [2.05, 4.69) is 24.5 Å². The van der Waals surface area contributed by atoms with Crippen LogP contribution < -0.4 is 9.80 Å². The minimum absolute atomic E-state index is 0.0991. The van der Waals surface area contributed by atoms with E-state index in [-0.39, 0.29) is 5.41 Å². The fourth-order valence-corrected chi connectivity index (χ4v) is 4.49. The van der Waals surface area contributed by atoms with E-state index >= 15 is 0 Å². The second kappa shape index (κ2) is 5.65. The molecule has 7 heteroatoms. The molecule has 7 nitrogen and oxygen atoms in total. The van der Waals surface area contributed by atoms with Crippen LogP contribution in [0.3, 0.4) is 0 Å². The normalized spacial score (nSPS) is 22.2. The Morgan fingerprint density at radius 3 is 2.96 bits per heavy atom. The lowest BCUT2D eigenvalue weighted by molar-refractivity contribution is 0.331. The van der Waals surface area contributed by atoms with Crippen LogP contribution in [0.4, 0.5) is 11.9 Å². The third-order valence-electron chi connectivity index (χ3n) is 5.78. The summed E-state index contributed by atoms with van der Waals surface area (Å²) in [5, 5.41) is 8.80. The highest BCUT2D eigenvalue weighted by molar-refractivity contribution is 5.48. The van der Waals surface area contributed by atoms with Crippen molar-refractivity contribution in [2.75, 3.05) is 37.0 Å². The van der Waals surface area contributed by atoms with E-state index < -0.39 is 0 Å². The first kappa shape index (κ1) is 15.5. The van der Waals surface area contributed by atoms with E-state index in [1.807, 2.05) is 49.6 Å². The third kappa shape index (κ3) is 2.26. The van der Waals surface area contributed by atoms with Gasteiger partial charge in [0.25, 0.3) is 0 Å². The predicted octanol–water partition coefficient (Wildman–Crippen LogP) is 2.07. The van der Waals surface area contributed by atoms with Crippen molar-refractivity contribution in [1.82, 2.24) is 24.6 Å². The lowest BCUT2D eigenvalue weighted by Crippen LogP contribution is -2.46. The lowest BCUT2D eigenvalue weighted by atomic mass is 9.77.